The lowest BCUT2D eigenvalue weighted by Crippen LogP contribution is -2.37. The highest BCUT2D eigenvalue weighted by Crippen LogP contribution is 2.32. The van der Waals surface area contributed by atoms with Gasteiger partial charge in [0.1, 0.15) is 6.17 Å². The number of amides is 2. The zero-order valence-electron chi connectivity index (χ0n) is 14.4. The zero-order valence-corrected chi connectivity index (χ0v) is 14.4. The molecule has 2 amide bonds. The highest BCUT2D eigenvalue weighted by molar-refractivity contribution is 5.95. The third-order valence-corrected chi connectivity index (χ3v) is 4.48. The van der Waals surface area contributed by atoms with Crippen molar-refractivity contribution in [2.45, 2.75) is 19.5 Å². The molecule has 2 aromatic rings. The average Bonchev–Trinajstić information content (AvgIpc) is 3.12. The van der Waals surface area contributed by atoms with Crippen molar-refractivity contribution in [2.24, 2.45) is 0 Å². The minimum absolute atomic E-state index is 0.0159. The average molecular weight is 353 g/mol. The molecule has 0 saturated carbocycles. The third-order valence-electron chi connectivity index (χ3n) is 4.48. The van der Waals surface area contributed by atoms with Crippen LogP contribution in [0.25, 0.3) is 0 Å². The molecular weight excluding hydrogens is 334 g/mol. The van der Waals surface area contributed by atoms with Gasteiger partial charge in [-0.25, -0.2) is 0 Å². The maximum Gasteiger partial charge on any atom is 0.269 e. The molecule has 0 aromatic heterocycles. The summed E-state index contributed by atoms with van der Waals surface area (Å²) in [5, 5.41) is 10.8. The molecule has 7 nitrogen and oxygen atoms in total. The minimum Gasteiger partial charge on any atom is -0.316 e. The van der Waals surface area contributed by atoms with Crippen LogP contribution >= 0.6 is 0 Å². The van der Waals surface area contributed by atoms with Gasteiger partial charge in [0.05, 0.1) is 4.92 Å². The number of hydrogen-bond donors (Lipinski definition) is 0. The van der Waals surface area contributed by atoms with Crippen LogP contribution in [-0.2, 0) is 4.79 Å². The Kier molecular flexibility index (Phi) is 4.97. The van der Waals surface area contributed by atoms with E-state index >= 15 is 0 Å². The molecule has 1 fully saturated rings. The minimum atomic E-state index is -0.501. The Bertz CT molecular complexity index is 820. The number of non-ortho nitro benzene ring substituents is 1. The first-order valence-electron chi connectivity index (χ1n) is 8.42. The number of carbonyl (C=O) groups excluding carboxylic acids is 2. The van der Waals surface area contributed by atoms with Crippen molar-refractivity contribution < 1.29 is 14.5 Å². The van der Waals surface area contributed by atoms with Crippen LogP contribution < -0.4 is 0 Å². The van der Waals surface area contributed by atoms with E-state index in [1.807, 2.05) is 30.3 Å². The maximum atomic E-state index is 13.0. The summed E-state index contributed by atoms with van der Waals surface area (Å²) in [7, 11) is 0. The van der Waals surface area contributed by atoms with Gasteiger partial charge in [-0.15, -0.1) is 0 Å². The van der Waals surface area contributed by atoms with Crippen LogP contribution in [0.4, 0.5) is 5.69 Å². The molecule has 3 rings (SSSR count). The number of hydrogen-bond acceptors (Lipinski definition) is 4. The summed E-state index contributed by atoms with van der Waals surface area (Å²) in [6.07, 6.45) is -0.102. The first kappa shape index (κ1) is 17.6. The number of carbonyl (C=O) groups is 2. The number of nitrogens with zero attached hydrogens (tertiary/aromatic N) is 3. The van der Waals surface area contributed by atoms with E-state index in [-0.39, 0.29) is 17.5 Å². The van der Waals surface area contributed by atoms with Crippen molar-refractivity contribution in [1.29, 1.82) is 0 Å². The van der Waals surface area contributed by atoms with E-state index in [1.165, 1.54) is 24.3 Å². The van der Waals surface area contributed by atoms with Crippen LogP contribution in [0.5, 0.6) is 0 Å². The third kappa shape index (κ3) is 3.28. The second-order valence-corrected chi connectivity index (χ2v) is 6.03. The molecule has 1 unspecified atom stereocenters. The second kappa shape index (κ2) is 7.35. The van der Waals surface area contributed by atoms with Crippen molar-refractivity contribution in [3.05, 3.63) is 75.8 Å². The fraction of sp³-hybridized carbons (Fsp3) is 0.263. The van der Waals surface area contributed by atoms with Gasteiger partial charge < -0.3 is 9.80 Å². The smallest absolute Gasteiger partial charge is 0.269 e. The molecular formula is C19H19N3O4. The Balaban J connectivity index is 1.92. The predicted molar refractivity (Wildman–Crippen MR) is 95.3 cm³/mol. The van der Waals surface area contributed by atoms with Crippen LogP contribution in [0, 0.1) is 10.1 Å². The first-order chi connectivity index (χ1) is 12.5. The van der Waals surface area contributed by atoms with E-state index in [9.17, 15) is 19.7 Å². The largest absolute Gasteiger partial charge is 0.316 e. The molecule has 7 heteroatoms. The summed E-state index contributed by atoms with van der Waals surface area (Å²) in [5.74, 6) is -0.266. The number of nitro benzene ring substituents is 1. The molecule has 0 aliphatic carbocycles. The summed E-state index contributed by atoms with van der Waals surface area (Å²) in [6, 6.07) is 14.9. The predicted octanol–water partition coefficient (Wildman–Crippen LogP) is 2.99. The van der Waals surface area contributed by atoms with E-state index in [0.29, 0.717) is 25.1 Å². The molecule has 26 heavy (non-hydrogen) atoms. The zero-order chi connectivity index (χ0) is 18.7. The van der Waals surface area contributed by atoms with Crippen molar-refractivity contribution in [2.75, 3.05) is 13.1 Å². The summed E-state index contributed by atoms with van der Waals surface area (Å²) in [5.41, 5.74) is 1.16. The van der Waals surface area contributed by atoms with Crippen LogP contribution in [0.15, 0.2) is 54.6 Å². The van der Waals surface area contributed by atoms with Gasteiger partial charge in [-0.1, -0.05) is 37.3 Å². The highest BCUT2D eigenvalue weighted by Gasteiger charge is 2.38. The van der Waals surface area contributed by atoms with Gasteiger partial charge in [0.25, 0.3) is 11.6 Å². The molecule has 0 radical (unpaired) electrons. The quantitative estimate of drug-likeness (QED) is 0.625. The van der Waals surface area contributed by atoms with Crippen LogP contribution in [0.2, 0.25) is 0 Å². The molecule has 1 aliphatic heterocycles. The Hall–Kier alpha value is -3.22. The number of nitro groups is 1. The van der Waals surface area contributed by atoms with Crippen LogP contribution in [0.3, 0.4) is 0 Å². The van der Waals surface area contributed by atoms with Gasteiger partial charge in [0.2, 0.25) is 5.91 Å². The summed E-state index contributed by atoms with van der Waals surface area (Å²) >= 11 is 0. The van der Waals surface area contributed by atoms with Gasteiger partial charge in [-0.05, 0) is 17.7 Å². The topological polar surface area (TPSA) is 83.8 Å². The molecule has 0 spiro atoms. The van der Waals surface area contributed by atoms with Crippen molar-refractivity contribution in [3.8, 4) is 0 Å². The van der Waals surface area contributed by atoms with Crippen molar-refractivity contribution in [1.82, 2.24) is 9.80 Å². The second-order valence-electron chi connectivity index (χ2n) is 6.03. The molecule has 134 valence electrons. The van der Waals surface area contributed by atoms with E-state index in [0.717, 1.165) is 5.56 Å². The Morgan fingerprint density at radius 1 is 1.04 bits per heavy atom. The Morgan fingerprint density at radius 2 is 1.65 bits per heavy atom. The molecule has 1 heterocycles. The van der Waals surface area contributed by atoms with Gasteiger partial charge in [0.15, 0.2) is 0 Å². The number of rotatable bonds is 4. The van der Waals surface area contributed by atoms with Gasteiger partial charge in [-0.2, -0.15) is 0 Å². The fourth-order valence-electron chi connectivity index (χ4n) is 3.18. The monoisotopic (exact) mass is 353 g/mol. The Labute approximate surface area is 151 Å². The van der Waals surface area contributed by atoms with Gasteiger partial charge in [0, 0.05) is 37.2 Å². The van der Waals surface area contributed by atoms with Gasteiger partial charge in [-0.3, -0.25) is 19.7 Å². The van der Waals surface area contributed by atoms with Crippen molar-refractivity contribution in [3.63, 3.8) is 0 Å². The molecule has 1 saturated heterocycles. The summed E-state index contributed by atoms with van der Waals surface area (Å²) in [4.78, 5) is 39.0. The van der Waals surface area contributed by atoms with Crippen LogP contribution in [-0.4, -0.2) is 39.6 Å². The highest BCUT2D eigenvalue weighted by atomic mass is 16.6. The summed E-state index contributed by atoms with van der Waals surface area (Å²) in [6.45, 7) is 2.68. The lowest BCUT2D eigenvalue weighted by Gasteiger charge is -2.30. The normalized spacial score (nSPS) is 16.6. The summed E-state index contributed by atoms with van der Waals surface area (Å²) < 4.78 is 0. The first-order valence-corrected chi connectivity index (χ1v) is 8.42. The molecule has 1 atom stereocenters. The van der Waals surface area contributed by atoms with E-state index < -0.39 is 11.1 Å². The Morgan fingerprint density at radius 3 is 2.23 bits per heavy atom. The maximum absolute atomic E-state index is 13.0. The van der Waals surface area contributed by atoms with E-state index in [2.05, 4.69) is 0 Å². The molecule has 1 aliphatic rings. The molecule has 2 aromatic carbocycles. The lowest BCUT2D eigenvalue weighted by molar-refractivity contribution is -0.384. The fourth-order valence-corrected chi connectivity index (χ4v) is 3.18. The molecule has 0 bridgehead atoms. The standard InChI is InChI=1S/C19H19N3O4/c1-2-17(23)20-12-13-21(18(20)14-6-4-3-5-7-14)19(24)15-8-10-16(11-9-15)22(25)26/h3-11,18H,2,12-13H2,1H3. The van der Waals surface area contributed by atoms with E-state index in [1.54, 1.807) is 16.7 Å². The molecule has 0 N–H and O–H groups in total. The SMILES string of the molecule is CCC(=O)N1CCN(C(=O)c2ccc([N+](=O)[O-])cc2)C1c1ccccc1. The van der Waals surface area contributed by atoms with Crippen LogP contribution in [0.1, 0.15) is 35.4 Å². The van der Waals surface area contributed by atoms with E-state index in [4.69, 9.17) is 0 Å². The lowest BCUT2D eigenvalue weighted by atomic mass is 10.1. The van der Waals surface area contributed by atoms with Gasteiger partial charge >= 0.3 is 0 Å². The number of benzene rings is 2. The van der Waals surface area contributed by atoms with Crippen molar-refractivity contribution >= 4 is 17.5 Å².